The number of aryl methyl sites for hydroxylation is 1. The van der Waals surface area contributed by atoms with Crippen LogP contribution >= 0.6 is 0 Å². The number of morpholine rings is 1. The second-order valence-corrected chi connectivity index (χ2v) is 12.5. The molecule has 6 rings (SSSR count). The summed E-state index contributed by atoms with van der Waals surface area (Å²) in [5.41, 5.74) is 2.38. The molecule has 4 heterocycles. The number of nitrogens with one attached hydrogen (secondary N) is 2. The van der Waals surface area contributed by atoms with Crippen molar-refractivity contribution >= 4 is 39.1 Å². The number of fused-ring (bicyclic) bond motifs is 1. The zero-order chi connectivity index (χ0) is 30.8. The van der Waals surface area contributed by atoms with Gasteiger partial charge in [0.15, 0.2) is 10.5 Å². The van der Waals surface area contributed by atoms with Gasteiger partial charge in [-0.15, -0.1) is 0 Å². The molecule has 0 spiro atoms. The number of sulfonamides is 1. The molecule has 0 radical (unpaired) electrons. The van der Waals surface area contributed by atoms with E-state index in [0.29, 0.717) is 43.5 Å². The largest absolute Gasteiger partial charge is 0.378 e. The van der Waals surface area contributed by atoms with Crippen molar-refractivity contribution in [1.29, 1.82) is 0 Å². The number of aromatic nitrogens is 3. The van der Waals surface area contributed by atoms with Crippen LogP contribution in [-0.4, -0.2) is 84.1 Å². The van der Waals surface area contributed by atoms with Crippen LogP contribution in [0.3, 0.4) is 0 Å². The number of nitrogens with zero attached hydrogens (tertiary/aromatic N) is 5. The molecule has 4 aromatic rings. The summed E-state index contributed by atoms with van der Waals surface area (Å²) >= 11 is 0. The molecule has 3 amide bonds. The molecular formula is C30H32FN7O5S. The zero-order valence-corrected chi connectivity index (χ0v) is 24.9. The summed E-state index contributed by atoms with van der Waals surface area (Å²) in [5.74, 6) is -0.213. The molecule has 0 unspecified atom stereocenters. The lowest BCUT2D eigenvalue weighted by Crippen LogP contribution is -2.47. The molecule has 2 aromatic carbocycles. The number of halogens is 1. The van der Waals surface area contributed by atoms with Crippen molar-refractivity contribution < 1.29 is 27.1 Å². The quantitative estimate of drug-likeness (QED) is 0.333. The fourth-order valence-electron chi connectivity index (χ4n) is 5.58. The fraction of sp³-hybridized carbons (Fsp3) is 0.333. The maximum atomic E-state index is 13.9. The Hall–Kier alpha value is -4.56. The molecule has 230 valence electrons. The van der Waals surface area contributed by atoms with Gasteiger partial charge in [-0.25, -0.2) is 27.3 Å². The number of hydrogen-bond donors (Lipinski definition) is 2. The smallest absolute Gasteiger partial charge is 0.331 e. The van der Waals surface area contributed by atoms with Crippen molar-refractivity contribution in [2.45, 2.75) is 30.6 Å². The summed E-state index contributed by atoms with van der Waals surface area (Å²) in [4.78, 5) is 33.7. The monoisotopic (exact) mass is 621 g/mol. The van der Waals surface area contributed by atoms with Gasteiger partial charge < -0.3 is 19.9 Å². The number of piperidine rings is 1. The van der Waals surface area contributed by atoms with Crippen molar-refractivity contribution in [3.8, 4) is 0 Å². The van der Waals surface area contributed by atoms with E-state index in [1.54, 1.807) is 11.8 Å². The number of anilines is 2. The van der Waals surface area contributed by atoms with E-state index in [0.717, 1.165) is 19.0 Å². The second-order valence-electron chi connectivity index (χ2n) is 10.8. The third kappa shape index (κ3) is 5.95. The van der Waals surface area contributed by atoms with E-state index in [9.17, 15) is 22.4 Å². The van der Waals surface area contributed by atoms with Crippen LogP contribution in [0.1, 0.15) is 40.2 Å². The lowest BCUT2D eigenvalue weighted by atomic mass is 9.89. The average Bonchev–Trinajstić information content (AvgIpc) is 3.49. The number of likely N-dealkylation sites (tertiary alicyclic amines) is 1. The highest BCUT2D eigenvalue weighted by atomic mass is 32.2. The van der Waals surface area contributed by atoms with Gasteiger partial charge in [-0.2, -0.15) is 9.61 Å². The van der Waals surface area contributed by atoms with Crippen molar-refractivity contribution in [1.82, 2.24) is 29.1 Å². The fourth-order valence-corrected chi connectivity index (χ4v) is 6.62. The Morgan fingerprint density at radius 1 is 0.977 bits per heavy atom. The number of carbonyl (C=O) groups excluding carboxylic acids is 2. The summed E-state index contributed by atoms with van der Waals surface area (Å²) in [5, 5.41) is 7.44. The minimum Gasteiger partial charge on any atom is -0.378 e. The zero-order valence-electron chi connectivity index (χ0n) is 24.1. The molecule has 2 N–H and O–H groups in total. The summed E-state index contributed by atoms with van der Waals surface area (Å²) < 4.78 is 49.1. The first kappa shape index (κ1) is 29.5. The molecular weight excluding hydrogens is 589 g/mol. The van der Waals surface area contributed by atoms with Gasteiger partial charge in [0.25, 0.3) is 15.9 Å². The normalized spacial score (nSPS) is 16.2. The first-order valence-corrected chi connectivity index (χ1v) is 15.8. The summed E-state index contributed by atoms with van der Waals surface area (Å²) in [6, 6.07) is 13.6. The van der Waals surface area contributed by atoms with Crippen LogP contribution in [0.4, 0.5) is 20.7 Å². The third-order valence-corrected chi connectivity index (χ3v) is 9.34. The number of ether oxygens (including phenoxy) is 1. The lowest BCUT2D eigenvalue weighted by Gasteiger charge is -2.32. The molecule has 0 aliphatic carbocycles. The Labute approximate surface area is 253 Å². The van der Waals surface area contributed by atoms with Crippen molar-refractivity contribution in [2.24, 2.45) is 0 Å². The Bertz CT molecular complexity index is 1800. The maximum Gasteiger partial charge on any atom is 0.331 e. The van der Waals surface area contributed by atoms with Crippen LogP contribution in [0, 0.1) is 12.7 Å². The molecule has 2 aromatic heterocycles. The highest BCUT2D eigenvalue weighted by Crippen LogP contribution is 2.31. The highest BCUT2D eigenvalue weighted by molar-refractivity contribution is 7.90. The van der Waals surface area contributed by atoms with E-state index >= 15 is 0 Å². The van der Waals surface area contributed by atoms with Crippen LogP contribution in [0.15, 0.2) is 65.8 Å². The minimum absolute atomic E-state index is 0.0890. The van der Waals surface area contributed by atoms with Crippen LogP contribution in [0.2, 0.25) is 0 Å². The van der Waals surface area contributed by atoms with Crippen LogP contribution in [-0.2, 0) is 14.8 Å². The summed E-state index contributed by atoms with van der Waals surface area (Å²) in [6.45, 7) is 3.89. The lowest BCUT2D eigenvalue weighted by molar-refractivity contribution is 0.0545. The van der Waals surface area contributed by atoms with Crippen LogP contribution in [0.5, 0.6) is 0 Å². The molecule has 44 heavy (non-hydrogen) atoms. The Morgan fingerprint density at radius 2 is 1.70 bits per heavy atom. The van der Waals surface area contributed by atoms with Gasteiger partial charge in [-0.1, -0.05) is 30.3 Å². The molecule has 2 saturated heterocycles. The average molecular weight is 622 g/mol. The molecule has 12 nitrogen and oxygen atoms in total. The van der Waals surface area contributed by atoms with Crippen molar-refractivity contribution in [3.63, 3.8) is 0 Å². The van der Waals surface area contributed by atoms with Gasteiger partial charge in [0.1, 0.15) is 17.2 Å². The molecule has 14 heteroatoms. The van der Waals surface area contributed by atoms with Gasteiger partial charge in [0.2, 0.25) is 0 Å². The predicted molar refractivity (Wildman–Crippen MR) is 160 cm³/mol. The van der Waals surface area contributed by atoms with Gasteiger partial charge in [0.05, 0.1) is 19.4 Å². The Morgan fingerprint density at radius 3 is 2.41 bits per heavy atom. The minimum atomic E-state index is -4.38. The van der Waals surface area contributed by atoms with E-state index in [1.807, 2.05) is 18.2 Å². The van der Waals surface area contributed by atoms with E-state index in [2.05, 4.69) is 32.3 Å². The first-order chi connectivity index (χ1) is 21.2. The number of rotatable bonds is 6. The van der Waals surface area contributed by atoms with Gasteiger partial charge in [0, 0.05) is 38.1 Å². The number of benzene rings is 2. The van der Waals surface area contributed by atoms with Crippen LogP contribution < -0.4 is 10.0 Å². The summed E-state index contributed by atoms with van der Waals surface area (Å²) in [7, 11) is -4.38. The molecule has 0 atom stereocenters. The molecule has 2 aliphatic rings. The van der Waals surface area contributed by atoms with E-state index in [1.165, 1.54) is 39.4 Å². The summed E-state index contributed by atoms with van der Waals surface area (Å²) in [6.07, 6.45) is 3.97. The molecule has 2 aliphatic heterocycles. The van der Waals surface area contributed by atoms with Gasteiger partial charge in [-0.3, -0.25) is 4.79 Å². The second kappa shape index (κ2) is 12.2. The Kier molecular flexibility index (Phi) is 8.19. The van der Waals surface area contributed by atoms with Crippen molar-refractivity contribution in [3.05, 3.63) is 83.4 Å². The van der Waals surface area contributed by atoms with E-state index in [4.69, 9.17) is 4.74 Å². The van der Waals surface area contributed by atoms with E-state index < -0.39 is 21.9 Å². The SMILES string of the molecule is Cc1cc(F)ccc1Nc1c(C(=O)N2CCC(c3ccccc3)CC2)cnc2c(S(=O)(=O)NC(=O)N3CCOCC3)cnn12. The number of hydrogen-bond acceptors (Lipinski definition) is 8. The topological polar surface area (TPSA) is 138 Å². The highest BCUT2D eigenvalue weighted by Gasteiger charge is 2.31. The number of urea groups is 1. The number of amides is 3. The predicted octanol–water partition coefficient (Wildman–Crippen LogP) is 3.67. The van der Waals surface area contributed by atoms with E-state index in [-0.39, 0.29) is 40.9 Å². The molecule has 0 saturated carbocycles. The molecule has 2 fully saturated rings. The van der Waals surface area contributed by atoms with Crippen molar-refractivity contribution in [2.75, 3.05) is 44.7 Å². The third-order valence-electron chi connectivity index (χ3n) is 8.03. The molecule has 0 bridgehead atoms. The Balaban J connectivity index is 1.33. The first-order valence-electron chi connectivity index (χ1n) is 14.3. The maximum absolute atomic E-state index is 13.9. The van der Waals surface area contributed by atoms with Crippen LogP contribution in [0.25, 0.3) is 5.65 Å². The van der Waals surface area contributed by atoms with Gasteiger partial charge in [-0.05, 0) is 55.0 Å². The standard InChI is InChI=1S/C30H32FN7O5S/c1-20-17-23(31)7-8-25(20)34-27-24(29(39)36-11-9-22(10-12-36)21-5-3-2-4-6-21)18-32-28-26(19-33-38(27)28)44(41,42)35-30(40)37-13-15-43-16-14-37/h2-8,17-19,22,34H,9-16H2,1H3,(H,35,40). The number of carbonyl (C=O) groups is 2. The van der Waals surface area contributed by atoms with Gasteiger partial charge >= 0.3 is 6.03 Å².